The largest absolute Gasteiger partial charge is 0.382 e. The van der Waals surface area contributed by atoms with Crippen molar-refractivity contribution < 1.29 is 0 Å². The predicted octanol–water partition coefficient (Wildman–Crippen LogP) is 5.64. The van der Waals surface area contributed by atoms with E-state index in [0.717, 1.165) is 54.6 Å². The maximum atomic E-state index is 13.1. The number of fused-ring (bicyclic) bond motifs is 1. The van der Waals surface area contributed by atoms with Crippen molar-refractivity contribution in [3.63, 3.8) is 0 Å². The van der Waals surface area contributed by atoms with Gasteiger partial charge in [0.25, 0.3) is 5.56 Å². The van der Waals surface area contributed by atoms with Crippen molar-refractivity contribution in [3.05, 3.63) is 119 Å². The van der Waals surface area contributed by atoms with Crippen LogP contribution in [0.5, 0.6) is 0 Å². The van der Waals surface area contributed by atoms with E-state index < -0.39 is 0 Å². The second-order valence-corrected chi connectivity index (χ2v) is 9.02. The zero-order valence-corrected chi connectivity index (χ0v) is 19.4. The number of aromatic nitrogens is 1. The van der Waals surface area contributed by atoms with Crippen LogP contribution in [-0.4, -0.2) is 35.1 Å². The van der Waals surface area contributed by atoms with E-state index >= 15 is 0 Å². The Bertz CT molecular complexity index is 1300. The highest BCUT2D eigenvalue weighted by molar-refractivity contribution is 5.91. The average Bonchev–Trinajstić information content (AvgIpc) is 2.89. The van der Waals surface area contributed by atoms with Crippen LogP contribution in [0.3, 0.4) is 0 Å². The topological polar surface area (TPSA) is 37.3 Å². The number of piperidine rings is 1. The lowest BCUT2D eigenvalue weighted by atomic mass is 10.0. The molecule has 0 radical (unpaired) electrons. The van der Waals surface area contributed by atoms with Crippen LogP contribution in [-0.2, 0) is 6.54 Å². The SMILES string of the molecule is O=c1cc(NC2CCN(CC=Cc3ccccc3)CC2)c2ccccc2n1Cc1ccccc1. The van der Waals surface area contributed by atoms with Gasteiger partial charge in [-0.1, -0.05) is 91.0 Å². The zero-order chi connectivity index (χ0) is 23.2. The summed E-state index contributed by atoms with van der Waals surface area (Å²) >= 11 is 0. The van der Waals surface area contributed by atoms with Gasteiger partial charge in [0.05, 0.1) is 12.1 Å². The molecule has 0 aliphatic carbocycles. The molecule has 0 unspecified atom stereocenters. The number of hydrogen-bond donors (Lipinski definition) is 1. The van der Waals surface area contributed by atoms with E-state index in [2.05, 4.69) is 64.8 Å². The normalized spacial score (nSPS) is 15.2. The third-order valence-electron chi connectivity index (χ3n) is 6.62. The Hall–Kier alpha value is -3.63. The van der Waals surface area contributed by atoms with Gasteiger partial charge in [-0.25, -0.2) is 0 Å². The summed E-state index contributed by atoms with van der Waals surface area (Å²) in [5.41, 5.74) is 4.34. The van der Waals surface area contributed by atoms with Gasteiger partial charge >= 0.3 is 0 Å². The summed E-state index contributed by atoms with van der Waals surface area (Å²) in [5, 5.41) is 4.80. The van der Waals surface area contributed by atoms with Crippen LogP contribution >= 0.6 is 0 Å². The van der Waals surface area contributed by atoms with Gasteiger partial charge in [-0.05, 0) is 30.0 Å². The van der Waals surface area contributed by atoms with Gasteiger partial charge in [-0.2, -0.15) is 0 Å². The zero-order valence-electron chi connectivity index (χ0n) is 19.4. The molecule has 1 saturated heterocycles. The molecule has 1 N–H and O–H groups in total. The van der Waals surface area contributed by atoms with Gasteiger partial charge in [0.2, 0.25) is 0 Å². The smallest absolute Gasteiger partial charge is 0.253 e. The fourth-order valence-electron chi connectivity index (χ4n) is 4.76. The van der Waals surface area contributed by atoms with Crippen molar-refractivity contribution in [1.29, 1.82) is 0 Å². The molecule has 1 aliphatic heterocycles. The van der Waals surface area contributed by atoms with Gasteiger partial charge in [0, 0.05) is 42.8 Å². The molecule has 4 nitrogen and oxygen atoms in total. The van der Waals surface area contributed by atoms with E-state index in [1.54, 1.807) is 6.07 Å². The molecule has 0 saturated carbocycles. The number of hydrogen-bond acceptors (Lipinski definition) is 3. The van der Waals surface area contributed by atoms with Crippen LogP contribution in [0.2, 0.25) is 0 Å². The van der Waals surface area contributed by atoms with Crippen LogP contribution in [0.15, 0.2) is 102 Å². The summed E-state index contributed by atoms with van der Waals surface area (Å²) in [6.07, 6.45) is 6.59. The molecular weight excluding hydrogens is 418 g/mol. The number of rotatable bonds is 7. The quantitative estimate of drug-likeness (QED) is 0.397. The number of benzene rings is 3. The third-order valence-corrected chi connectivity index (χ3v) is 6.62. The minimum absolute atomic E-state index is 0.0357. The van der Waals surface area contributed by atoms with Gasteiger partial charge in [-0.15, -0.1) is 0 Å². The highest BCUT2D eigenvalue weighted by atomic mass is 16.1. The number of pyridine rings is 1. The maximum absolute atomic E-state index is 13.1. The third kappa shape index (κ3) is 5.29. The van der Waals surface area contributed by atoms with Crippen molar-refractivity contribution >= 4 is 22.7 Å². The number of nitrogens with one attached hydrogen (secondary N) is 1. The summed E-state index contributed by atoms with van der Waals surface area (Å²) in [6, 6.07) is 31.0. The Morgan fingerprint density at radius 1 is 0.853 bits per heavy atom. The number of likely N-dealkylation sites (tertiary alicyclic amines) is 1. The summed E-state index contributed by atoms with van der Waals surface area (Å²) in [5.74, 6) is 0. The van der Waals surface area contributed by atoms with Crippen molar-refractivity contribution in [2.45, 2.75) is 25.4 Å². The standard InChI is InChI=1S/C30H31N3O/c34-30-22-28(27-15-7-8-16-29(27)33(30)23-25-12-5-2-6-13-25)31-26-17-20-32(21-18-26)19-9-14-24-10-3-1-4-11-24/h1-16,22,26,31H,17-21,23H2. The molecule has 0 atom stereocenters. The van der Waals surface area contributed by atoms with E-state index in [4.69, 9.17) is 0 Å². The lowest BCUT2D eigenvalue weighted by molar-refractivity contribution is 0.240. The minimum atomic E-state index is 0.0357. The molecule has 4 heteroatoms. The van der Waals surface area contributed by atoms with E-state index in [0.29, 0.717) is 12.6 Å². The lowest BCUT2D eigenvalue weighted by Crippen LogP contribution is -2.39. The van der Waals surface area contributed by atoms with Crippen molar-refractivity contribution in [1.82, 2.24) is 9.47 Å². The summed E-state index contributed by atoms with van der Waals surface area (Å²) < 4.78 is 1.87. The highest BCUT2D eigenvalue weighted by Crippen LogP contribution is 2.25. The molecule has 4 aromatic rings. The Kier molecular flexibility index (Phi) is 6.87. The van der Waals surface area contributed by atoms with Crippen LogP contribution in [0.25, 0.3) is 17.0 Å². The van der Waals surface area contributed by atoms with Gasteiger partial charge < -0.3 is 9.88 Å². The van der Waals surface area contributed by atoms with Crippen LogP contribution in [0.1, 0.15) is 24.0 Å². The molecule has 0 spiro atoms. The summed E-state index contributed by atoms with van der Waals surface area (Å²) in [6.45, 7) is 3.66. The molecule has 0 amide bonds. The number of anilines is 1. The van der Waals surface area contributed by atoms with Gasteiger partial charge in [-0.3, -0.25) is 9.69 Å². The Morgan fingerprint density at radius 2 is 1.53 bits per heavy atom. The van der Waals surface area contributed by atoms with E-state index in [-0.39, 0.29) is 5.56 Å². The van der Waals surface area contributed by atoms with Crippen LogP contribution in [0.4, 0.5) is 5.69 Å². The Morgan fingerprint density at radius 3 is 2.29 bits per heavy atom. The highest BCUT2D eigenvalue weighted by Gasteiger charge is 2.19. The molecule has 5 rings (SSSR count). The predicted molar refractivity (Wildman–Crippen MR) is 142 cm³/mol. The molecule has 1 aliphatic rings. The fourth-order valence-corrected chi connectivity index (χ4v) is 4.76. The minimum Gasteiger partial charge on any atom is -0.382 e. The first-order valence-corrected chi connectivity index (χ1v) is 12.1. The molecule has 2 heterocycles. The monoisotopic (exact) mass is 449 g/mol. The average molecular weight is 450 g/mol. The molecule has 34 heavy (non-hydrogen) atoms. The molecule has 0 bridgehead atoms. The first-order valence-electron chi connectivity index (χ1n) is 12.1. The van der Waals surface area contributed by atoms with E-state index in [9.17, 15) is 4.79 Å². The molecule has 1 fully saturated rings. The molecule has 1 aromatic heterocycles. The van der Waals surface area contributed by atoms with Gasteiger partial charge in [0.1, 0.15) is 0 Å². The van der Waals surface area contributed by atoms with Crippen LogP contribution in [0, 0.1) is 0 Å². The lowest BCUT2D eigenvalue weighted by Gasteiger charge is -2.32. The molecule has 3 aromatic carbocycles. The van der Waals surface area contributed by atoms with Crippen LogP contribution < -0.4 is 10.9 Å². The first-order chi connectivity index (χ1) is 16.8. The van der Waals surface area contributed by atoms with E-state index in [1.165, 1.54) is 5.56 Å². The number of nitrogens with zero attached hydrogens (tertiary/aromatic N) is 2. The summed E-state index contributed by atoms with van der Waals surface area (Å²) in [7, 11) is 0. The van der Waals surface area contributed by atoms with Crippen molar-refractivity contribution in [3.8, 4) is 0 Å². The first kappa shape index (κ1) is 22.2. The number of para-hydroxylation sites is 1. The maximum Gasteiger partial charge on any atom is 0.253 e. The summed E-state index contributed by atoms with van der Waals surface area (Å²) in [4.78, 5) is 15.6. The van der Waals surface area contributed by atoms with Gasteiger partial charge in [0.15, 0.2) is 0 Å². The molecule has 172 valence electrons. The Labute approximate surface area is 201 Å². The van der Waals surface area contributed by atoms with Crippen molar-refractivity contribution in [2.75, 3.05) is 25.0 Å². The second kappa shape index (κ2) is 10.5. The van der Waals surface area contributed by atoms with E-state index in [1.807, 2.05) is 47.0 Å². The van der Waals surface area contributed by atoms with Crippen molar-refractivity contribution in [2.24, 2.45) is 0 Å². The fraction of sp³-hybridized carbons (Fsp3) is 0.233. The molecular formula is C30H31N3O. The second-order valence-electron chi connectivity index (χ2n) is 9.02. The Balaban J connectivity index is 1.25.